The van der Waals surface area contributed by atoms with Gasteiger partial charge in [0.25, 0.3) is 0 Å². The molecular formula is C9H11NO2. The number of hydrogen-bond donors (Lipinski definition) is 1. The van der Waals surface area contributed by atoms with E-state index in [0.29, 0.717) is 5.71 Å². The molecule has 3 heteroatoms. The van der Waals surface area contributed by atoms with Crippen molar-refractivity contribution in [3.63, 3.8) is 0 Å². The number of allylic oxidation sites excluding steroid dienone is 4. The highest BCUT2D eigenvalue weighted by molar-refractivity contribution is 6.11. The van der Waals surface area contributed by atoms with Gasteiger partial charge in [-0.2, -0.15) is 0 Å². The highest BCUT2D eigenvalue weighted by atomic mass is 16.5. The van der Waals surface area contributed by atoms with Crippen LogP contribution in [0.2, 0.25) is 0 Å². The number of Topliss-reactive ketones (excluding diaryl/α,β-unsaturated/α-hetero) is 1. The molecule has 12 heavy (non-hydrogen) atoms. The zero-order chi connectivity index (χ0) is 8.97. The Labute approximate surface area is 71.2 Å². The Balaban J connectivity index is 2.63. The van der Waals surface area contributed by atoms with Crippen LogP contribution in [0, 0.1) is 11.3 Å². The smallest absolute Gasteiger partial charge is 0.171 e. The van der Waals surface area contributed by atoms with E-state index in [0.717, 1.165) is 0 Å². The fourth-order valence-corrected chi connectivity index (χ4v) is 1.05. The molecule has 0 saturated heterocycles. The van der Waals surface area contributed by atoms with Gasteiger partial charge < -0.3 is 10.1 Å². The summed E-state index contributed by atoms with van der Waals surface area (Å²) < 4.78 is 4.70. The van der Waals surface area contributed by atoms with Gasteiger partial charge >= 0.3 is 0 Å². The summed E-state index contributed by atoms with van der Waals surface area (Å²) >= 11 is 0. The molecule has 0 saturated carbocycles. The van der Waals surface area contributed by atoms with Crippen LogP contribution in [0.1, 0.15) is 0 Å². The molecule has 1 N–H and O–H groups in total. The van der Waals surface area contributed by atoms with Crippen LogP contribution < -0.4 is 0 Å². The standard InChI is InChI=1S/C9H11NO2/c1-12-6-9(11)7-4-2-3-5-8(7)10/h2-5,7,10H,6H2,1H3. The van der Waals surface area contributed by atoms with E-state index in [-0.39, 0.29) is 12.4 Å². The normalized spacial score (nSPS) is 21.4. The minimum atomic E-state index is -0.407. The van der Waals surface area contributed by atoms with Crippen LogP contribution in [0.25, 0.3) is 0 Å². The van der Waals surface area contributed by atoms with E-state index in [2.05, 4.69) is 0 Å². The molecular weight excluding hydrogens is 154 g/mol. The van der Waals surface area contributed by atoms with Crippen molar-refractivity contribution in [2.45, 2.75) is 0 Å². The topological polar surface area (TPSA) is 50.2 Å². The first-order chi connectivity index (χ1) is 5.75. The van der Waals surface area contributed by atoms with Crippen LogP contribution in [-0.2, 0) is 9.53 Å². The van der Waals surface area contributed by atoms with Crippen molar-refractivity contribution >= 4 is 11.5 Å². The van der Waals surface area contributed by atoms with E-state index in [9.17, 15) is 4.79 Å². The average molecular weight is 165 g/mol. The van der Waals surface area contributed by atoms with Crippen molar-refractivity contribution in [2.24, 2.45) is 5.92 Å². The molecule has 0 bridgehead atoms. The first-order valence-electron chi connectivity index (χ1n) is 3.70. The fourth-order valence-electron chi connectivity index (χ4n) is 1.05. The van der Waals surface area contributed by atoms with E-state index in [1.807, 2.05) is 0 Å². The summed E-state index contributed by atoms with van der Waals surface area (Å²) in [5, 5.41) is 7.44. The van der Waals surface area contributed by atoms with Crippen LogP contribution in [0.3, 0.4) is 0 Å². The first kappa shape index (κ1) is 8.87. The Hall–Kier alpha value is -1.22. The maximum Gasteiger partial charge on any atom is 0.171 e. The maximum absolute atomic E-state index is 11.3. The van der Waals surface area contributed by atoms with Gasteiger partial charge in [-0.3, -0.25) is 4.79 Å². The van der Waals surface area contributed by atoms with Gasteiger partial charge in [-0.05, 0) is 6.08 Å². The Kier molecular flexibility index (Phi) is 2.94. The van der Waals surface area contributed by atoms with Gasteiger partial charge in [0, 0.05) is 12.8 Å². The van der Waals surface area contributed by atoms with Crippen LogP contribution in [0.4, 0.5) is 0 Å². The van der Waals surface area contributed by atoms with Gasteiger partial charge in [0.2, 0.25) is 0 Å². The number of ketones is 1. The molecule has 64 valence electrons. The van der Waals surface area contributed by atoms with E-state index < -0.39 is 5.92 Å². The molecule has 1 aliphatic rings. The van der Waals surface area contributed by atoms with Gasteiger partial charge in [0.1, 0.15) is 6.61 Å². The lowest BCUT2D eigenvalue weighted by atomic mass is 9.94. The van der Waals surface area contributed by atoms with Crippen LogP contribution in [0.15, 0.2) is 24.3 Å². The molecule has 1 unspecified atom stereocenters. The molecule has 1 atom stereocenters. The Morgan fingerprint density at radius 1 is 1.67 bits per heavy atom. The molecule has 1 rings (SSSR count). The molecule has 0 radical (unpaired) electrons. The Bertz CT molecular complexity index is 253. The quantitative estimate of drug-likeness (QED) is 0.677. The lowest BCUT2D eigenvalue weighted by Crippen LogP contribution is -2.24. The summed E-state index contributed by atoms with van der Waals surface area (Å²) in [6.45, 7) is 0.0746. The lowest BCUT2D eigenvalue weighted by molar-refractivity contribution is -0.123. The van der Waals surface area contributed by atoms with Crippen molar-refractivity contribution < 1.29 is 9.53 Å². The third kappa shape index (κ3) is 1.89. The maximum atomic E-state index is 11.3. The number of hydrogen-bond acceptors (Lipinski definition) is 3. The number of carbonyl (C=O) groups is 1. The molecule has 0 spiro atoms. The zero-order valence-electron chi connectivity index (χ0n) is 6.91. The van der Waals surface area contributed by atoms with Crippen molar-refractivity contribution in [3.8, 4) is 0 Å². The molecule has 1 aliphatic carbocycles. The summed E-state index contributed by atoms with van der Waals surface area (Å²) in [6, 6.07) is 0. The molecule has 0 fully saturated rings. The predicted molar refractivity (Wildman–Crippen MR) is 46.4 cm³/mol. The van der Waals surface area contributed by atoms with Gasteiger partial charge in [0.05, 0.1) is 5.92 Å². The monoisotopic (exact) mass is 165 g/mol. The minimum absolute atomic E-state index is 0.0666. The van der Waals surface area contributed by atoms with E-state index in [4.69, 9.17) is 10.1 Å². The minimum Gasteiger partial charge on any atom is -0.377 e. The number of methoxy groups -OCH3 is 1. The Morgan fingerprint density at radius 2 is 2.42 bits per heavy atom. The van der Waals surface area contributed by atoms with E-state index in [1.54, 1.807) is 24.3 Å². The van der Waals surface area contributed by atoms with Crippen LogP contribution >= 0.6 is 0 Å². The van der Waals surface area contributed by atoms with Crippen molar-refractivity contribution in [3.05, 3.63) is 24.3 Å². The van der Waals surface area contributed by atoms with Gasteiger partial charge in [0.15, 0.2) is 5.78 Å². The first-order valence-corrected chi connectivity index (χ1v) is 3.70. The average Bonchev–Trinajstić information content (AvgIpc) is 2.05. The predicted octanol–water partition coefficient (Wildman–Crippen LogP) is 0.964. The summed E-state index contributed by atoms with van der Waals surface area (Å²) in [6.07, 6.45) is 6.86. The van der Waals surface area contributed by atoms with Crippen molar-refractivity contribution in [1.82, 2.24) is 0 Å². The van der Waals surface area contributed by atoms with Gasteiger partial charge in [-0.15, -0.1) is 0 Å². The summed E-state index contributed by atoms with van der Waals surface area (Å²) in [4.78, 5) is 11.3. The molecule has 0 aliphatic heterocycles. The highest BCUT2D eigenvalue weighted by Gasteiger charge is 2.19. The lowest BCUT2D eigenvalue weighted by Gasteiger charge is -2.11. The fraction of sp³-hybridized carbons (Fsp3) is 0.333. The van der Waals surface area contributed by atoms with Crippen molar-refractivity contribution in [1.29, 1.82) is 5.41 Å². The molecule has 0 aromatic rings. The second-order valence-electron chi connectivity index (χ2n) is 2.58. The second kappa shape index (κ2) is 3.97. The molecule has 3 nitrogen and oxygen atoms in total. The zero-order valence-corrected chi connectivity index (χ0v) is 6.91. The van der Waals surface area contributed by atoms with Crippen molar-refractivity contribution in [2.75, 3.05) is 13.7 Å². The Morgan fingerprint density at radius 3 is 3.00 bits per heavy atom. The van der Waals surface area contributed by atoms with Gasteiger partial charge in [-0.25, -0.2) is 0 Å². The largest absolute Gasteiger partial charge is 0.377 e. The molecule has 0 aromatic heterocycles. The van der Waals surface area contributed by atoms with Gasteiger partial charge in [-0.1, -0.05) is 18.2 Å². The SMILES string of the molecule is COCC(=O)C1C=CC=CC1=N. The van der Waals surface area contributed by atoms with Crippen LogP contribution in [-0.4, -0.2) is 25.2 Å². The number of rotatable bonds is 3. The number of ether oxygens (including phenoxy) is 1. The highest BCUT2D eigenvalue weighted by Crippen LogP contribution is 2.09. The summed E-state index contributed by atoms with van der Waals surface area (Å²) in [5.41, 5.74) is 0.333. The molecule has 0 amide bonds. The molecule has 0 aromatic carbocycles. The third-order valence-corrected chi connectivity index (χ3v) is 1.66. The third-order valence-electron chi connectivity index (χ3n) is 1.66. The van der Waals surface area contributed by atoms with E-state index >= 15 is 0 Å². The van der Waals surface area contributed by atoms with E-state index in [1.165, 1.54) is 7.11 Å². The number of nitrogens with one attached hydrogen (secondary N) is 1. The van der Waals surface area contributed by atoms with Crippen LogP contribution in [0.5, 0.6) is 0 Å². The summed E-state index contributed by atoms with van der Waals surface area (Å²) in [5.74, 6) is -0.474. The number of carbonyl (C=O) groups excluding carboxylic acids is 1. The second-order valence-corrected chi connectivity index (χ2v) is 2.58. The summed E-state index contributed by atoms with van der Waals surface area (Å²) in [7, 11) is 1.48. The molecule has 0 heterocycles.